The molecule has 0 aliphatic heterocycles. The summed E-state index contributed by atoms with van der Waals surface area (Å²) in [6.45, 7) is 19.8. The smallest absolute Gasteiger partial charge is 0.302 e. The number of hydrogen-bond donors (Lipinski definition) is 2. The van der Waals surface area contributed by atoms with Crippen LogP contribution in [-0.4, -0.2) is 34.0 Å². The Morgan fingerprint density at radius 2 is 1.67 bits per heavy atom. The summed E-state index contributed by atoms with van der Waals surface area (Å²) in [7, 11) is 0. The maximum absolute atomic E-state index is 11.8. The lowest BCUT2D eigenvalue weighted by Gasteiger charge is -2.62. The van der Waals surface area contributed by atoms with Gasteiger partial charge in [-0.15, -0.1) is 0 Å². The summed E-state index contributed by atoms with van der Waals surface area (Å²) in [5, 5.41) is 20.6. The fourth-order valence-electron chi connectivity index (χ4n) is 10.0. The van der Waals surface area contributed by atoms with Crippen LogP contribution in [0.2, 0.25) is 0 Å². The van der Waals surface area contributed by atoms with E-state index in [9.17, 15) is 15.0 Å². The molecule has 2 fully saturated rings. The lowest BCUT2D eigenvalue weighted by atomic mass is 9.43. The van der Waals surface area contributed by atoms with Crippen molar-refractivity contribution in [3.8, 4) is 0 Å². The fraction of sp³-hybridized carbons (Fsp3) is 0.906. The molecule has 4 aliphatic carbocycles. The maximum atomic E-state index is 11.8. The number of fused-ring (bicyclic) bond motifs is 4. The number of hydrogen-bond acceptors (Lipinski definition) is 4. The molecule has 4 rings (SSSR count). The summed E-state index contributed by atoms with van der Waals surface area (Å²) in [4.78, 5) is 11.8. The van der Waals surface area contributed by atoms with E-state index in [1.165, 1.54) is 38.5 Å². The molecule has 0 saturated heterocycles. The van der Waals surface area contributed by atoms with E-state index in [2.05, 4.69) is 41.5 Å². The molecule has 0 amide bonds. The SMILES string of the molecule is CC(=O)O[C@H]1CC[C@]2(C)C3=C(CC[C@H]2C1(C)C)[C@]1(C)CCC(C(C)CCC(O)C(C)(C)O)[C@@]1(C)CC3. The first-order chi connectivity index (χ1) is 16.5. The quantitative estimate of drug-likeness (QED) is 0.297. The molecular formula is C32H54O4. The van der Waals surface area contributed by atoms with Crippen LogP contribution in [0.3, 0.4) is 0 Å². The van der Waals surface area contributed by atoms with Crippen LogP contribution in [-0.2, 0) is 9.53 Å². The number of rotatable bonds is 6. The van der Waals surface area contributed by atoms with Crippen molar-refractivity contribution in [2.24, 2.45) is 39.4 Å². The predicted octanol–water partition coefficient (Wildman–Crippen LogP) is 7.22. The van der Waals surface area contributed by atoms with Gasteiger partial charge in [-0.25, -0.2) is 0 Å². The Balaban J connectivity index is 1.59. The molecule has 4 aliphatic rings. The van der Waals surface area contributed by atoms with Crippen LogP contribution in [0.15, 0.2) is 11.1 Å². The van der Waals surface area contributed by atoms with E-state index >= 15 is 0 Å². The van der Waals surface area contributed by atoms with Gasteiger partial charge in [-0.1, -0.05) is 52.7 Å². The van der Waals surface area contributed by atoms with Gasteiger partial charge in [0.05, 0.1) is 11.7 Å². The molecule has 8 atom stereocenters. The second kappa shape index (κ2) is 9.11. The molecular weight excluding hydrogens is 448 g/mol. The van der Waals surface area contributed by atoms with Crippen molar-refractivity contribution in [1.82, 2.24) is 0 Å². The van der Waals surface area contributed by atoms with Crippen molar-refractivity contribution < 1.29 is 19.7 Å². The molecule has 36 heavy (non-hydrogen) atoms. The van der Waals surface area contributed by atoms with Gasteiger partial charge < -0.3 is 14.9 Å². The van der Waals surface area contributed by atoms with Crippen LogP contribution in [0.5, 0.6) is 0 Å². The van der Waals surface area contributed by atoms with E-state index in [0.29, 0.717) is 29.6 Å². The Labute approximate surface area is 220 Å². The standard InChI is InChI=1S/C32H54O4/c1-20(10-13-26(34)29(5,6)35)22-14-18-32(9)24-11-12-25-28(3,4)27(36-21(2)33)16-17-30(25,7)23(24)15-19-31(22,32)8/h20,22,25-27,34-35H,10-19H2,1-9H3/t20?,22?,25-,26?,27-,30+,31+,32-/m0/s1. The van der Waals surface area contributed by atoms with Crippen molar-refractivity contribution in [1.29, 1.82) is 0 Å². The number of carbonyl (C=O) groups excluding carboxylic acids is 1. The summed E-state index contributed by atoms with van der Waals surface area (Å²) in [6, 6.07) is 0. The summed E-state index contributed by atoms with van der Waals surface area (Å²) < 4.78 is 5.85. The topological polar surface area (TPSA) is 66.8 Å². The molecule has 4 heteroatoms. The highest BCUT2D eigenvalue weighted by atomic mass is 16.5. The molecule has 0 spiro atoms. The van der Waals surface area contributed by atoms with Crippen LogP contribution >= 0.6 is 0 Å². The zero-order valence-electron chi connectivity index (χ0n) is 24.7. The van der Waals surface area contributed by atoms with Gasteiger partial charge in [0, 0.05) is 12.3 Å². The van der Waals surface area contributed by atoms with Gasteiger partial charge in [0.15, 0.2) is 0 Å². The zero-order chi connectivity index (χ0) is 26.9. The van der Waals surface area contributed by atoms with Crippen LogP contribution in [0.4, 0.5) is 0 Å². The molecule has 2 saturated carbocycles. The minimum Gasteiger partial charge on any atom is -0.462 e. The van der Waals surface area contributed by atoms with Crippen molar-refractivity contribution in [2.75, 3.05) is 0 Å². The summed E-state index contributed by atoms with van der Waals surface area (Å²) in [5.41, 5.74) is 3.25. The van der Waals surface area contributed by atoms with Crippen molar-refractivity contribution in [3.05, 3.63) is 11.1 Å². The summed E-state index contributed by atoms with van der Waals surface area (Å²) >= 11 is 0. The van der Waals surface area contributed by atoms with Crippen LogP contribution in [0.25, 0.3) is 0 Å². The van der Waals surface area contributed by atoms with E-state index in [1.54, 1.807) is 31.9 Å². The molecule has 2 N–H and O–H groups in total. The molecule has 0 aromatic heterocycles. The molecule has 0 radical (unpaired) electrons. The van der Waals surface area contributed by atoms with Gasteiger partial charge >= 0.3 is 5.97 Å². The number of ether oxygens (including phenoxy) is 1. The second-order valence-corrected chi connectivity index (χ2v) is 15.0. The Morgan fingerprint density at radius 3 is 2.28 bits per heavy atom. The molecule has 206 valence electrons. The molecule has 0 bridgehead atoms. The molecule has 0 aromatic carbocycles. The predicted molar refractivity (Wildman–Crippen MR) is 145 cm³/mol. The number of carbonyl (C=O) groups is 1. The zero-order valence-corrected chi connectivity index (χ0v) is 24.7. The van der Waals surface area contributed by atoms with Crippen molar-refractivity contribution in [2.45, 2.75) is 144 Å². The Hall–Kier alpha value is -0.870. The third-order valence-electron chi connectivity index (χ3n) is 12.5. The first kappa shape index (κ1) is 28.1. The van der Waals surface area contributed by atoms with Crippen molar-refractivity contribution in [3.63, 3.8) is 0 Å². The van der Waals surface area contributed by atoms with E-state index in [-0.39, 0.29) is 28.3 Å². The first-order valence-corrected chi connectivity index (χ1v) is 14.8. The monoisotopic (exact) mass is 502 g/mol. The van der Waals surface area contributed by atoms with Crippen LogP contribution in [0.1, 0.15) is 127 Å². The Kier molecular flexibility index (Phi) is 7.12. The number of esters is 1. The summed E-state index contributed by atoms with van der Waals surface area (Å²) in [6.07, 6.45) is 10.5. The number of aliphatic hydroxyl groups excluding tert-OH is 1. The largest absolute Gasteiger partial charge is 0.462 e. The molecule has 0 aromatic rings. The molecule has 4 nitrogen and oxygen atoms in total. The lowest BCUT2D eigenvalue weighted by Crippen LogP contribution is -2.55. The molecule has 3 unspecified atom stereocenters. The fourth-order valence-corrected chi connectivity index (χ4v) is 10.0. The third-order valence-corrected chi connectivity index (χ3v) is 12.5. The maximum Gasteiger partial charge on any atom is 0.302 e. The van der Waals surface area contributed by atoms with E-state index < -0.39 is 11.7 Å². The van der Waals surface area contributed by atoms with Crippen molar-refractivity contribution >= 4 is 5.97 Å². The summed E-state index contributed by atoms with van der Waals surface area (Å²) in [5.74, 6) is 1.61. The van der Waals surface area contributed by atoms with Gasteiger partial charge in [-0.05, 0) is 112 Å². The molecule has 0 heterocycles. The number of allylic oxidation sites excluding steroid dienone is 2. The van der Waals surface area contributed by atoms with Gasteiger partial charge in [-0.3, -0.25) is 4.79 Å². The lowest BCUT2D eigenvalue weighted by molar-refractivity contribution is -0.167. The van der Waals surface area contributed by atoms with E-state index in [4.69, 9.17) is 4.74 Å². The second-order valence-electron chi connectivity index (χ2n) is 15.0. The van der Waals surface area contributed by atoms with Gasteiger partial charge in [0.1, 0.15) is 6.10 Å². The van der Waals surface area contributed by atoms with Gasteiger partial charge in [0.2, 0.25) is 0 Å². The highest BCUT2D eigenvalue weighted by molar-refractivity contribution is 5.66. The van der Waals surface area contributed by atoms with Crippen LogP contribution < -0.4 is 0 Å². The normalized spacial score (nSPS) is 41.7. The Bertz CT molecular complexity index is 896. The third kappa shape index (κ3) is 4.21. The average Bonchev–Trinajstić information content (AvgIpc) is 3.04. The van der Waals surface area contributed by atoms with Gasteiger partial charge in [-0.2, -0.15) is 0 Å². The van der Waals surface area contributed by atoms with E-state index in [1.807, 2.05) is 0 Å². The highest BCUT2D eigenvalue weighted by Gasteiger charge is 2.63. The average molecular weight is 503 g/mol. The Morgan fingerprint density at radius 1 is 1.00 bits per heavy atom. The minimum absolute atomic E-state index is 0.00704. The van der Waals surface area contributed by atoms with Crippen LogP contribution in [0, 0.1) is 39.4 Å². The minimum atomic E-state index is -1.03. The highest BCUT2D eigenvalue weighted by Crippen LogP contribution is 2.72. The van der Waals surface area contributed by atoms with E-state index in [0.717, 1.165) is 19.3 Å². The first-order valence-electron chi connectivity index (χ1n) is 14.8. The van der Waals surface area contributed by atoms with Gasteiger partial charge in [0.25, 0.3) is 0 Å². The number of aliphatic hydroxyl groups is 2.